The minimum absolute atomic E-state index is 0.00307. The zero-order valence-electron chi connectivity index (χ0n) is 19.0. The second-order valence-electron chi connectivity index (χ2n) is 7.41. The first-order valence-electron chi connectivity index (χ1n) is 10.6. The lowest BCUT2D eigenvalue weighted by Crippen LogP contribution is -2.20. The van der Waals surface area contributed by atoms with Gasteiger partial charge in [0.25, 0.3) is 0 Å². The van der Waals surface area contributed by atoms with Crippen LogP contribution in [0, 0.1) is 0 Å². The molecule has 3 rings (SSSR count). The van der Waals surface area contributed by atoms with Crippen LogP contribution in [0.4, 0.5) is 5.69 Å². The molecular formula is C25H21BrCl3N3O4. The van der Waals surface area contributed by atoms with Crippen LogP contribution in [-0.2, 0) is 16.2 Å². The van der Waals surface area contributed by atoms with Gasteiger partial charge in [-0.15, -0.1) is 0 Å². The van der Waals surface area contributed by atoms with Crippen LogP contribution in [0.25, 0.3) is 0 Å². The van der Waals surface area contributed by atoms with Gasteiger partial charge in [-0.2, -0.15) is 5.10 Å². The van der Waals surface area contributed by atoms with Gasteiger partial charge in [-0.1, -0.05) is 46.9 Å². The quantitative estimate of drug-likeness (QED) is 0.193. The number of hydrazone groups is 1. The van der Waals surface area contributed by atoms with Crippen molar-refractivity contribution in [1.29, 1.82) is 0 Å². The molecule has 0 heterocycles. The maximum Gasteiger partial charge on any atom is 0.240 e. The van der Waals surface area contributed by atoms with E-state index in [9.17, 15) is 9.59 Å². The Morgan fingerprint density at radius 3 is 2.47 bits per heavy atom. The fourth-order valence-electron chi connectivity index (χ4n) is 2.99. The Kier molecular flexibility index (Phi) is 10.4. The van der Waals surface area contributed by atoms with E-state index in [0.29, 0.717) is 42.3 Å². The van der Waals surface area contributed by atoms with E-state index in [2.05, 4.69) is 31.8 Å². The summed E-state index contributed by atoms with van der Waals surface area (Å²) in [5.74, 6) is 0.231. The third-order valence-corrected chi connectivity index (χ3v) is 6.14. The van der Waals surface area contributed by atoms with E-state index in [-0.39, 0.29) is 25.4 Å². The van der Waals surface area contributed by atoms with Crippen LogP contribution in [-0.4, -0.2) is 25.1 Å². The Hall–Kier alpha value is -2.78. The molecule has 0 atom stereocenters. The van der Waals surface area contributed by atoms with Gasteiger partial charge < -0.3 is 14.8 Å². The number of hydrogen-bond donors (Lipinski definition) is 2. The molecule has 36 heavy (non-hydrogen) atoms. The monoisotopic (exact) mass is 611 g/mol. The van der Waals surface area contributed by atoms with Crippen molar-refractivity contribution < 1.29 is 19.1 Å². The van der Waals surface area contributed by atoms with Crippen LogP contribution < -0.4 is 20.2 Å². The fourth-order valence-corrected chi connectivity index (χ4v) is 4.22. The number of rotatable bonds is 10. The van der Waals surface area contributed by atoms with Crippen molar-refractivity contribution in [1.82, 2.24) is 5.43 Å². The molecule has 0 unspecified atom stereocenters. The van der Waals surface area contributed by atoms with Crippen LogP contribution >= 0.6 is 50.7 Å². The van der Waals surface area contributed by atoms with Gasteiger partial charge in [0.1, 0.15) is 6.61 Å². The molecule has 3 aromatic carbocycles. The van der Waals surface area contributed by atoms with Crippen molar-refractivity contribution in [3.8, 4) is 11.5 Å². The van der Waals surface area contributed by atoms with Crippen LogP contribution in [0.1, 0.15) is 24.0 Å². The van der Waals surface area contributed by atoms with E-state index in [1.165, 1.54) is 13.3 Å². The largest absolute Gasteiger partial charge is 0.493 e. The number of benzene rings is 3. The normalized spacial score (nSPS) is 10.8. The number of nitrogens with zero attached hydrogens (tertiary/aromatic N) is 1. The van der Waals surface area contributed by atoms with E-state index in [0.717, 1.165) is 5.56 Å². The van der Waals surface area contributed by atoms with E-state index in [1.807, 2.05) is 0 Å². The van der Waals surface area contributed by atoms with Crippen molar-refractivity contribution in [2.24, 2.45) is 5.10 Å². The molecule has 0 spiro atoms. The standard InChI is InChI=1S/C25H21BrCl3N3O4/c1-35-22-10-15(9-20(26)25(22)36-14-16-5-6-18(28)12-21(16)29)13-30-32-24(34)8-7-23(33)31-19-4-2-3-17(27)11-19/h2-6,9-13H,7-8,14H2,1H3,(H,31,33)(H,32,34). The number of methoxy groups -OCH3 is 1. The average molecular weight is 614 g/mol. The molecule has 0 aromatic heterocycles. The summed E-state index contributed by atoms with van der Waals surface area (Å²) in [6.45, 7) is 0.208. The zero-order valence-corrected chi connectivity index (χ0v) is 22.8. The zero-order chi connectivity index (χ0) is 26.1. The minimum atomic E-state index is -0.404. The maximum atomic E-state index is 12.1. The third-order valence-electron chi connectivity index (χ3n) is 4.73. The molecule has 0 saturated carbocycles. The Bertz CT molecular complexity index is 1290. The summed E-state index contributed by atoms with van der Waals surface area (Å²) < 4.78 is 12.0. The van der Waals surface area contributed by atoms with Crippen molar-refractivity contribution in [3.63, 3.8) is 0 Å². The first-order chi connectivity index (χ1) is 17.2. The van der Waals surface area contributed by atoms with E-state index < -0.39 is 5.91 Å². The molecule has 0 aliphatic carbocycles. The van der Waals surface area contributed by atoms with Crippen molar-refractivity contribution in [3.05, 3.63) is 85.3 Å². The SMILES string of the molecule is COc1cc(C=NNC(=O)CCC(=O)Nc2cccc(Cl)c2)cc(Br)c1OCc1ccc(Cl)cc1Cl. The lowest BCUT2D eigenvalue weighted by molar-refractivity contribution is -0.124. The minimum Gasteiger partial charge on any atom is -0.493 e. The summed E-state index contributed by atoms with van der Waals surface area (Å²) in [4.78, 5) is 24.1. The second-order valence-corrected chi connectivity index (χ2v) is 9.54. The third kappa shape index (κ3) is 8.41. The van der Waals surface area contributed by atoms with Crippen LogP contribution in [0.5, 0.6) is 11.5 Å². The number of carbonyl (C=O) groups excluding carboxylic acids is 2. The summed E-state index contributed by atoms with van der Waals surface area (Å²) in [7, 11) is 1.51. The molecule has 11 heteroatoms. The van der Waals surface area contributed by atoms with Gasteiger partial charge in [0.15, 0.2) is 11.5 Å². The van der Waals surface area contributed by atoms with E-state index in [1.54, 1.807) is 54.6 Å². The number of amides is 2. The Morgan fingerprint density at radius 2 is 1.75 bits per heavy atom. The molecule has 0 fully saturated rings. The smallest absolute Gasteiger partial charge is 0.240 e. The molecule has 0 bridgehead atoms. The predicted octanol–water partition coefficient (Wildman–Crippen LogP) is 6.87. The first-order valence-corrected chi connectivity index (χ1v) is 12.5. The summed E-state index contributed by atoms with van der Waals surface area (Å²) in [5, 5.41) is 8.19. The number of nitrogens with one attached hydrogen (secondary N) is 2. The second kappa shape index (κ2) is 13.5. The first kappa shape index (κ1) is 27.8. The summed E-state index contributed by atoms with van der Waals surface area (Å²) in [6.07, 6.45) is 1.42. The highest BCUT2D eigenvalue weighted by atomic mass is 79.9. The molecule has 0 aliphatic rings. The molecule has 0 saturated heterocycles. The Balaban J connectivity index is 1.53. The average Bonchev–Trinajstić information content (AvgIpc) is 2.83. The fraction of sp³-hybridized carbons (Fsp3) is 0.160. The Labute approximate surface area is 231 Å². The maximum absolute atomic E-state index is 12.1. The lowest BCUT2D eigenvalue weighted by atomic mass is 10.2. The molecule has 0 radical (unpaired) electrons. The van der Waals surface area contributed by atoms with Gasteiger partial charge in [-0.25, -0.2) is 5.43 Å². The van der Waals surface area contributed by atoms with Gasteiger partial charge in [0.05, 0.1) is 17.8 Å². The lowest BCUT2D eigenvalue weighted by Gasteiger charge is -2.14. The van der Waals surface area contributed by atoms with Crippen LogP contribution in [0.3, 0.4) is 0 Å². The van der Waals surface area contributed by atoms with Gasteiger partial charge in [0.2, 0.25) is 11.8 Å². The van der Waals surface area contributed by atoms with Gasteiger partial charge >= 0.3 is 0 Å². The van der Waals surface area contributed by atoms with Crippen molar-refractivity contribution >= 4 is 74.4 Å². The van der Waals surface area contributed by atoms with E-state index >= 15 is 0 Å². The number of ether oxygens (including phenoxy) is 2. The highest BCUT2D eigenvalue weighted by Crippen LogP contribution is 2.37. The topological polar surface area (TPSA) is 89.0 Å². The number of hydrogen-bond acceptors (Lipinski definition) is 5. The van der Waals surface area contributed by atoms with Crippen LogP contribution in [0.15, 0.2) is 64.2 Å². The number of anilines is 1. The van der Waals surface area contributed by atoms with Gasteiger partial charge in [0, 0.05) is 39.2 Å². The molecule has 2 amide bonds. The van der Waals surface area contributed by atoms with Crippen molar-refractivity contribution in [2.45, 2.75) is 19.4 Å². The molecule has 2 N–H and O–H groups in total. The highest BCUT2D eigenvalue weighted by molar-refractivity contribution is 9.10. The van der Waals surface area contributed by atoms with Crippen LogP contribution in [0.2, 0.25) is 15.1 Å². The number of carbonyl (C=O) groups is 2. The van der Waals surface area contributed by atoms with Gasteiger partial charge in [-0.3, -0.25) is 9.59 Å². The molecular weight excluding hydrogens is 593 g/mol. The van der Waals surface area contributed by atoms with Gasteiger partial charge in [-0.05, 0) is 64.0 Å². The summed E-state index contributed by atoms with van der Waals surface area (Å²) in [5.41, 5.74) is 4.39. The van der Waals surface area contributed by atoms with E-state index in [4.69, 9.17) is 44.3 Å². The summed E-state index contributed by atoms with van der Waals surface area (Å²) in [6, 6.07) is 15.4. The molecule has 7 nitrogen and oxygen atoms in total. The Morgan fingerprint density at radius 1 is 1.00 bits per heavy atom. The summed E-state index contributed by atoms with van der Waals surface area (Å²) >= 11 is 21.5. The molecule has 188 valence electrons. The predicted molar refractivity (Wildman–Crippen MR) is 147 cm³/mol. The number of halogens is 4. The highest BCUT2D eigenvalue weighted by Gasteiger charge is 2.13. The molecule has 3 aromatic rings. The molecule has 0 aliphatic heterocycles. The van der Waals surface area contributed by atoms with Crippen molar-refractivity contribution in [2.75, 3.05) is 12.4 Å².